The highest BCUT2D eigenvalue weighted by Crippen LogP contribution is 2.42. The van der Waals surface area contributed by atoms with Crippen molar-refractivity contribution in [1.82, 2.24) is 15.1 Å². The molecule has 0 aliphatic heterocycles. The lowest BCUT2D eigenvalue weighted by Crippen LogP contribution is -2.28. The standard InChI is InChI=1S/C19H25N3O2/c1-12(2)11-20-19(23)17-13(3)22(21-18(17)14-5-6-14)15-7-9-16(24-4)10-8-15/h7-10,12,14H,5-6,11H2,1-4H3,(H,20,23). The van der Waals surface area contributed by atoms with E-state index in [1.54, 1.807) is 7.11 Å². The number of methoxy groups -OCH3 is 1. The second-order valence-corrected chi connectivity index (χ2v) is 6.83. The first-order valence-corrected chi connectivity index (χ1v) is 8.53. The molecule has 5 nitrogen and oxygen atoms in total. The first-order chi connectivity index (χ1) is 11.5. The van der Waals surface area contributed by atoms with Crippen LogP contribution in [-0.2, 0) is 0 Å². The maximum atomic E-state index is 12.7. The van der Waals surface area contributed by atoms with Crippen molar-refractivity contribution < 1.29 is 9.53 Å². The second kappa shape index (κ2) is 6.67. The number of hydrogen-bond acceptors (Lipinski definition) is 3. The van der Waals surface area contributed by atoms with Gasteiger partial charge in [-0.15, -0.1) is 0 Å². The van der Waals surface area contributed by atoms with E-state index in [9.17, 15) is 4.79 Å². The summed E-state index contributed by atoms with van der Waals surface area (Å²) in [6.45, 7) is 6.83. The average Bonchev–Trinajstić information content (AvgIpc) is 3.36. The zero-order valence-electron chi connectivity index (χ0n) is 14.8. The molecule has 0 spiro atoms. The summed E-state index contributed by atoms with van der Waals surface area (Å²) in [5, 5.41) is 7.79. The van der Waals surface area contributed by atoms with Crippen molar-refractivity contribution in [2.24, 2.45) is 5.92 Å². The lowest BCUT2D eigenvalue weighted by atomic mass is 10.1. The maximum absolute atomic E-state index is 12.7. The van der Waals surface area contributed by atoms with Gasteiger partial charge in [-0.1, -0.05) is 13.8 Å². The normalized spacial score (nSPS) is 14.0. The third-order valence-electron chi connectivity index (χ3n) is 4.32. The number of rotatable bonds is 6. The number of amides is 1. The van der Waals surface area contributed by atoms with Gasteiger partial charge in [0.25, 0.3) is 5.91 Å². The Labute approximate surface area is 143 Å². The molecule has 1 N–H and O–H groups in total. The van der Waals surface area contributed by atoms with Gasteiger partial charge in [-0.2, -0.15) is 5.10 Å². The molecule has 3 rings (SSSR count). The van der Waals surface area contributed by atoms with Gasteiger partial charge in [0.15, 0.2) is 0 Å². The highest BCUT2D eigenvalue weighted by Gasteiger charge is 2.33. The molecule has 0 atom stereocenters. The molecule has 2 aromatic rings. The number of carbonyl (C=O) groups is 1. The Balaban J connectivity index is 1.96. The molecule has 1 amide bonds. The molecule has 1 aliphatic carbocycles. The highest BCUT2D eigenvalue weighted by atomic mass is 16.5. The molecule has 5 heteroatoms. The van der Waals surface area contributed by atoms with E-state index >= 15 is 0 Å². The third-order valence-corrected chi connectivity index (χ3v) is 4.32. The van der Waals surface area contributed by atoms with Crippen LogP contribution in [0.4, 0.5) is 0 Å². The fourth-order valence-corrected chi connectivity index (χ4v) is 2.81. The molecule has 1 fully saturated rings. The predicted molar refractivity (Wildman–Crippen MR) is 94.0 cm³/mol. The van der Waals surface area contributed by atoms with Crippen LogP contribution in [0.15, 0.2) is 24.3 Å². The number of hydrogen-bond donors (Lipinski definition) is 1. The molecule has 1 aromatic carbocycles. The van der Waals surface area contributed by atoms with Gasteiger partial charge in [-0.05, 0) is 49.9 Å². The van der Waals surface area contributed by atoms with E-state index in [0.717, 1.165) is 41.2 Å². The fraction of sp³-hybridized carbons (Fsp3) is 0.474. The summed E-state index contributed by atoms with van der Waals surface area (Å²) in [7, 11) is 1.65. The van der Waals surface area contributed by atoms with E-state index in [0.29, 0.717) is 18.4 Å². The van der Waals surface area contributed by atoms with Crippen LogP contribution in [-0.4, -0.2) is 29.3 Å². The lowest BCUT2D eigenvalue weighted by Gasteiger charge is -2.09. The second-order valence-electron chi connectivity index (χ2n) is 6.83. The van der Waals surface area contributed by atoms with Crippen molar-refractivity contribution in [3.63, 3.8) is 0 Å². The van der Waals surface area contributed by atoms with Gasteiger partial charge in [0.05, 0.1) is 29.7 Å². The van der Waals surface area contributed by atoms with E-state index in [1.165, 1.54) is 0 Å². The van der Waals surface area contributed by atoms with Gasteiger partial charge >= 0.3 is 0 Å². The Morgan fingerprint density at radius 3 is 2.54 bits per heavy atom. The summed E-state index contributed by atoms with van der Waals surface area (Å²) >= 11 is 0. The average molecular weight is 327 g/mol. The Morgan fingerprint density at radius 1 is 1.33 bits per heavy atom. The Morgan fingerprint density at radius 2 is 2.00 bits per heavy atom. The van der Waals surface area contributed by atoms with E-state index in [1.807, 2.05) is 35.9 Å². The third kappa shape index (κ3) is 3.30. The van der Waals surface area contributed by atoms with E-state index in [4.69, 9.17) is 9.84 Å². The van der Waals surface area contributed by atoms with Crippen LogP contribution < -0.4 is 10.1 Å². The van der Waals surface area contributed by atoms with Crippen molar-refractivity contribution in [2.45, 2.75) is 39.5 Å². The smallest absolute Gasteiger partial charge is 0.255 e. The minimum Gasteiger partial charge on any atom is -0.497 e. The van der Waals surface area contributed by atoms with Crippen LogP contribution in [0.2, 0.25) is 0 Å². The number of carbonyl (C=O) groups excluding carboxylic acids is 1. The summed E-state index contributed by atoms with van der Waals surface area (Å²) in [5.41, 5.74) is 3.51. The summed E-state index contributed by atoms with van der Waals surface area (Å²) in [4.78, 5) is 12.7. The van der Waals surface area contributed by atoms with Gasteiger partial charge < -0.3 is 10.1 Å². The molecule has 0 saturated heterocycles. The molecule has 1 saturated carbocycles. The molecule has 1 heterocycles. The van der Waals surface area contributed by atoms with Gasteiger partial charge in [0, 0.05) is 12.5 Å². The fourth-order valence-electron chi connectivity index (χ4n) is 2.81. The SMILES string of the molecule is COc1ccc(-n2nc(C3CC3)c(C(=O)NCC(C)C)c2C)cc1. The first kappa shape index (κ1) is 16.6. The number of benzene rings is 1. The van der Waals surface area contributed by atoms with Crippen LogP contribution in [0.5, 0.6) is 5.75 Å². The predicted octanol–water partition coefficient (Wildman–Crippen LogP) is 3.45. The van der Waals surface area contributed by atoms with Crippen molar-refractivity contribution in [1.29, 1.82) is 0 Å². The minimum absolute atomic E-state index is 0.0112. The van der Waals surface area contributed by atoms with Crippen molar-refractivity contribution in [3.05, 3.63) is 41.2 Å². The molecule has 24 heavy (non-hydrogen) atoms. The van der Waals surface area contributed by atoms with E-state index in [2.05, 4.69) is 19.2 Å². The van der Waals surface area contributed by atoms with Gasteiger partial charge in [-0.25, -0.2) is 4.68 Å². The summed E-state index contributed by atoms with van der Waals surface area (Å²) in [6, 6.07) is 7.74. The van der Waals surface area contributed by atoms with Gasteiger partial charge in [0.1, 0.15) is 5.75 Å². The number of nitrogens with one attached hydrogen (secondary N) is 1. The molecule has 1 aromatic heterocycles. The summed E-state index contributed by atoms with van der Waals surface area (Å²) < 4.78 is 7.08. The van der Waals surface area contributed by atoms with Crippen LogP contribution in [0.25, 0.3) is 5.69 Å². The van der Waals surface area contributed by atoms with Crippen LogP contribution in [0, 0.1) is 12.8 Å². The molecular formula is C19H25N3O2. The molecule has 128 valence electrons. The molecule has 0 unspecified atom stereocenters. The topological polar surface area (TPSA) is 56.2 Å². The maximum Gasteiger partial charge on any atom is 0.255 e. The van der Waals surface area contributed by atoms with Crippen molar-refractivity contribution in [2.75, 3.05) is 13.7 Å². The van der Waals surface area contributed by atoms with Crippen LogP contribution >= 0.6 is 0 Å². The lowest BCUT2D eigenvalue weighted by molar-refractivity contribution is 0.0947. The Kier molecular flexibility index (Phi) is 4.60. The quantitative estimate of drug-likeness (QED) is 0.884. The zero-order chi connectivity index (χ0) is 17.3. The van der Waals surface area contributed by atoms with Crippen LogP contribution in [0.1, 0.15) is 54.4 Å². The highest BCUT2D eigenvalue weighted by molar-refractivity contribution is 5.97. The van der Waals surface area contributed by atoms with E-state index < -0.39 is 0 Å². The summed E-state index contributed by atoms with van der Waals surface area (Å²) in [5.74, 6) is 1.64. The van der Waals surface area contributed by atoms with Crippen molar-refractivity contribution >= 4 is 5.91 Å². The minimum atomic E-state index is -0.0112. The first-order valence-electron chi connectivity index (χ1n) is 8.53. The van der Waals surface area contributed by atoms with E-state index in [-0.39, 0.29) is 5.91 Å². The molecule has 0 bridgehead atoms. The van der Waals surface area contributed by atoms with Gasteiger partial charge in [0.2, 0.25) is 0 Å². The zero-order valence-corrected chi connectivity index (χ0v) is 14.8. The number of ether oxygens (including phenoxy) is 1. The molecule has 0 radical (unpaired) electrons. The number of nitrogens with zero attached hydrogens (tertiary/aromatic N) is 2. The number of aromatic nitrogens is 2. The summed E-state index contributed by atoms with van der Waals surface area (Å²) in [6.07, 6.45) is 2.23. The van der Waals surface area contributed by atoms with Crippen LogP contribution in [0.3, 0.4) is 0 Å². The Bertz CT molecular complexity index is 728. The van der Waals surface area contributed by atoms with Crippen molar-refractivity contribution in [3.8, 4) is 11.4 Å². The molecule has 1 aliphatic rings. The Hall–Kier alpha value is -2.30. The molecular weight excluding hydrogens is 302 g/mol. The monoisotopic (exact) mass is 327 g/mol. The van der Waals surface area contributed by atoms with Gasteiger partial charge in [-0.3, -0.25) is 4.79 Å². The largest absolute Gasteiger partial charge is 0.497 e.